The van der Waals surface area contributed by atoms with Gasteiger partial charge in [0.2, 0.25) is 0 Å². The van der Waals surface area contributed by atoms with Crippen LogP contribution in [0.15, 0.2) is 35.3 Å². The highest BCUT2D eigenvalue weighted by Gasteiger charge is 2.05. The van der Waals surface area contributed by atoms with Gasteiger partial charge in [0.1, 0.15) is 5.82 Å². The summed E-state index contributed by atoms with van der Waals surface area (Å²) < 4.78 is 1.36. The van der Waals surface area contributed by atoms with Crippen molar-refractivity contribution in [3.8, 4) is 5.69 Å². The number of nitrogen functional groups attached to an aromatic ring is 1. The maximum atomic E-state index is 11.6. The number of hydrogen-bond acceptors (Lipinski definition) is 3. The minimum atomic E-state index is -0.439. The lowest BCUT2D eigenvalue weighted by Gasteiger charge is -2.06. The second-order valence-electron chi connectivity index (χ2n) is 3.46. The molecule has 1 aromatic carbocycles. The first kappa shape index (κ1) is 10.7. The van der Waals surface area contributed by atoms with Gasteiger partial charge >= 0.3 is 5.69 Å². The maximum absolute atomic E-state index is 11.6. The predicted octanol–water partition coefficient (Wildman–Crippen LogP) is 1.78. The van der Waals surface area contributed by atoms with E-state index in [1.54, 1.807) is 0 Å². The van der Waals surface area contributed by atoms with Gasteiger partial charge in [-0.3, -0.25) is 4.57 Å². The summed E-state index contributed by atoms with van der Waals surface area (Å²) in [5.41, 5.74) is 6.83. The van der Waals surface area contributed by atoms with Crippen LogP contribution in [0.2, 0.25) is 5.02 Å². The molecule has 0 aliphatic carbocycles. The lowest BCUT2D eigenvalue weighted by Crippen LogP contribution is -2.22. The van der Waals surface area contributed by atoms with E-state index in [-0.39, 0.29) is 10.8 Å². The second kappa shape index (κ2) is 3.98. The van der Waals surface area contributed by atoms with E-state index in [0.29, 0.717) is 5.69 Å². The first-order valence-corrected chi connectivity index (χ1v) is 5.07. The zero-order chi connectivity index (χ0) is 11.7. The van der Waals surface area contributed by atoms with E-state index in [0.717, 1.165) is 5.56 Å². The molecule has 2 N–H and O–H groups in total. The first-order valence-electron chi connectivity index (χ1n) is 4.69. The van der Waals surface area contributed by atoms with E-state index >= 15 is 0 Å². The van der Waals surface area contributed by atoms with Crippen molar-refractivity contribution < 1.29 is 0 Å². The highest BCUT2D eigenvalue weighted by atomic mass is 35.5. The van der Waals surface area contributed by atoms with Crippen LogP contribution in [0.3, 0.4) is 0 Å². The largest absolute Gasteiger partial charge is 0.382 e. The minimum absolute atomic E-state index is 0.0510. The quantitative estimate of drug-likeness (QED) is 0.820. The Morgan fingerprint density at radius 2 is 1.94 bits per heavy atom. The molecular weight excluding hydrogens is 226 g/mol. The van der Waals surface area contributed by atoms with Gasteiger partial charge in [0.05, 0.1) is 10.7 Å². The van der Waals surface area contributed by atoms with Gasteiger partial charge < -0.3 is 5.73 Å². The van der Waals surface area contributed by atoms with Crippen LogP contribution in [-0.2, 0) is 0 Å². The minimum Gasteiger partial charge on any atom is -0.382 e. The van der Waals surface area contributed by atoms with Gasteiger partial charge in [-0.15, -0.1) is 0 Å². The Bertz CT molecular complexity index is 575. The Morgan fingerprint density at radius 1 is 1.31 bits per heavy atom. The summed E-state index contributed by atoms with van der Waals surface area (Å²) in [5.74, 6) is 0.0510. The van der Waals surface area contributed by atoms with Gasteiger partial charge in [0.25, 0.3) is 0 Å². The van der Waals surface area contributed by atoms with Gasteiger partial charge in [0.15, 0.2) is 0 Å². The number of hydrogen-bond donors (Lipinski definition) is 1. The fourth-order valence-corrected chi connectivity index (χ4v) is 1.48. The molecule has 0 radical (unpaired) electrons. The smallest absolute Gasteiger partial charge is 0.354 e. The third-order valence-electron chi connectivity index (χ3n) is 2.22. The Hall–Kier alpha value is -1.81. The van der Waals surface area contributed by atoms with E-state index in [2.05, 4.69) is 4.98 Å². The molecule has 0 aliphatic rings. The zero-order valence-corrected chi connectivity index (χ0v) is 9.40. The van der Waals surface area contributed by atoms with Gasteiger partial charge in [-0.1, -0.05) is 29.3 Å². The molecule has 1 aromatic heterocycles. The van der Waals surface area contributed by atoms with Gasteiger partial charge in [-0.2, -0.15) is 4.98 Å². The number of rotatable bonds is 1. The van der Waals surface area contributed by atoms with E-state index in [1.165, 1.54) is 10.8 Å². The summed E-state index contributed by atoms with van der Waals surface area (Å²) >= 11 is 5.82. The molecule has 0 bridgehead atoms. The standard InChI is InChI=1S/C11H10ClN3O/c1-7-2-4-8(5-3-7)15-6-9(12)10(13)14-11(15)16/h2-6H,1H3,(H2,13,14,16). The first-order chi connectivity index (χ1) is 7.58. The average molecular weight is 236 g/mol. The Labute approximate surface area is 97.3 Å². The van der Waals surface area contributed by atoms with Crippen LogP contribution in [0.25, 0.3) is 5.69 Å². The Morgan fingerprint density at radius 3 is 2.56 bits per heavy atom. The number of benzene rings is 1. The van der Waals surface area contributed by atoms with Gasteiger partial charge in [-0.05, 0) is 19.1 Å². The normalized spacial score (nSPS) is 10.4. The number of aryl methyl sites for hydroxylation is 1. The van der Waals surface area contributed by atoms with Crippen LogP contribution < -0.4 is 11.4 Å². The molecule has 1 heterocycles. The van der Waals surface area contributed by atoms with Crippen molar-refractivity contribution in [1.29, 1.82) is 0 Å². The average Bonchev–Trinajstić information content (AvgIpc) is 2.25. The monoisotopic (exact) mass is 235 g/mol. The van der Waals surface area contributed by atoms with Gasteiger partial charge in [-0.25, -0.2) is 4.79 Å². The Kier molecular flexibility index (Phi) is 2.66. The summed E-state index contributed by atoms with van der Waals surface area (Å²) in [4.78, 5) is 15.2. The third-order valence-corrected chi connectivity index (χ3v) is 2.51. The summed E-state index contributed by atoms with van der Waals surface area (Å²) in [5, 5.41) is 0.264. The molecule has 0 aliphatic heterocycles. The van der Waals surface area contributed by atoms with Gasteiger partial charge in [0, 0.05) is 6.20 Å². The molecule has 4 nitrogen and oxygen atoms in total. The van der Waals surface area contributed by atoms with Crippen LogP contribution in [0.1, 0.15) is 5.56 Å². The van der Waals surface area contributed by atoms with Crippen molar-refractivity contribution in [2.24, 2.45) is 0 Å². The van der Waals surface area contributed by atoms with Crippen molar-refractivity contribution in [2.75, 3.05) is 5.73 Å². The number of aromatic nitrogens is 2. The van der Waals surface area contributed by atoms with Crippen LogP contribution in [-0.4, -0.2) is 9.55 Å². The van der Waals surface area contributed by atoms with Crippen molar-refractivity contribution >= 4 is 17.4 Å². The fourth-order valence-electron chi connectivity index (χ4n) is 1.34. The van der Waals surface area contributed by atoms with Crippen LogP contribution in [0, 0.1) is 6.92 Å². The number of anilines is 1. The van der Waals surface area contributed by atoms with E-state index < -0.39 is 5.69 Å². The van der Waals surface area contributed by atoms with Crippen molar-refractivity contribution in [3.63, 3.8) is 0 Å². The molecule has 2 rings (SSSR count). The van der Waals surface area contributed by atoms with E-state index in [4.69, 9.17) is 17.3 Å². The molecule has 0 saturated carbocycles. The second-order valence-corrected chi connectivity index (χ2v) is 3.87. The highest BCUT2D eigenvalue weighted by molar-refractivity contribution is 6.32. The van der Waals surface area contributed by atoms with Crippen LogP contribution >= 0.6 is 11.6 Å². The van der Waals surface area contributed by atoms with Crippen molar-refractivity contribution in [2.45, 2.75) is 6.92 Å². The van der Waals surface area contributed by atoms with Crippen LogP contribution in [0.5, 0.6) is 0 Å². The molecule has 0 saturated heterocycles. The van der Waals surface area contributed by atoms with E-state index in [1.807, 2.05) is 31.2 Å². The summed E-state index contributed by atoms with van der Waals surface area (Å²) in [6.45, 7) is 1.97. The number of nitrogens with zero attached hydrogens (tertiary/aromatic N) is 2. The molecule has 0 unspecified atom stereocenters. The molecule has 16 heavy (non-hydrogen) atoms. The molecule has 5 heteroatoms. The Balaban J connectivity index is 2.60. The topological polar surface area (TPSA) is 60.9 Å². The summed E-state index contributed by atoms with van der Waals surface area (Å²) in [6.07, 6.45) is 1.47. The maximum Gasteiger partial charge on any atom is 0.354 e. The van der Waals surface area contributed by atoms with Crippen molar-refractivity contribution in [3.05, 3.63) is 51.5 Å². The number of halogens is 1. The third kappa shape index (κ3) is 1.92. The fraction of sp³-hybridized carbons (Fsp3) is 0.0909. The number of nitrogens with two attached hydrogens (primary N) is 1. The molecule has 2 aromatic rings. The molecular formula is C11H10ClN3O. The van der Waals surface area contributed by atoms with Crippen molar-refractivity contribution in [1.82, 2.24) is 9.55 Å². The SMILES string of the molecule is Cc1ccc(-n2cc(Cl)c(N)nc2=O)cc1. The molecule has 0 spiro atoms. The zero-order valence-electron chi connectivity index (χ0n) is 8.64. The molecule has 0 atom stereocenters. The molecule has 0 amide bonds. The summed E-state index contributed by atoms with van der Waals surface area (Å²) in [6, 6.07) is 7.47. The molecule has 0 fully saturated rings. The van der Waals surface area contributed by atoms with Crippen LogP contribution in [0.4, 0.5) is 5.82 Å². The van der Waals surface area contributed by atoms with E-state index in [9.17, 15) is 4.79 Å². The molecule has 82 valence electrons. The summed E-state index contributed by atoms with van der Waals surface area (Å²) in [7, 11) is 0. The lowest BCUT2D eigenvalue weighted by molar-refractivity contribution is 0.919. The lowest BCUT2D eigenvalue weighted by atomic mass is 10.2. The predicted molar refractivity (Wildman–Crippen MR) is 64.0 cm³/mol. The highest BCUT2D eigenvalue weighted by Crippen LogP contribution is 2.15.